The number of hydrogen-bond acceptors (Lipinski definition) is 2. The van der Waals surface area contributed by atoms with Crippen LogP contribution in [0.15, 0.2) is 12.5 Å². The van der Waals surface area contributed by atoms with Crippen LogP contribution in [0.25, 0.3) is 0 Å². The summed E-state index contributed by atoms with van der Waals surface area (Å²) in [5.41, 5.74) is 2.66. The molecule has 0 amide bonds. The molecule has 0 spiro atoms. The van der Waals surface area contributed by atoms with Gasteiger partial charge in [-0.3, -0.25) is 0 Å². The number of hydrogen-bond donors (Lipinski definition) is 0. The first-order valence-corrected chi connectivity index (χ1v) is 8.50. The van der Waals surface area contributed by atoms with E-state index in [0.717, 1.165) is 0 Å². The molecule has 2 unspecified atom stereocenters. The van der Waals surface area contributed by atoms with Gasteiger partial charge in [0.25, 0.3) is 0 Å². The summed E-state index contributed by atoms with van der Waals surface area (Å²) in [5.74, 6) is 1.15. The van der Waals surface area contributed by atoms with Crippen molar-refractivity contribution in [3.8, 4) is 0 Å². The Morgan fingerprint density at radius 2 is 1.65 bits per heavy atom. The molecule has 1 rings (SSSR count). The van der Waals surface area contributed by atoms with E-state index < -0.39 is 0 Å². The molecule has 0 fully saturated rings. The Kier molecular flexibility index (Phi) is 8.48. The SMILES string of the molecule is CCCCCCCC(C)c1cncnc1C(C)CCC. The fourth-order valence-corrected chi connectivity index (χ4v) is 2.92. The van der Waals surface area contributed by atoms with Crippen molar-refractivity contribution >= 4 is 0 Å². The third-order valence-electron chi connectivity index (χ3n) is 4.23. The molecule has 1 aromatic heterocycles. The Morgan fingerprint density at radius 3 is 2.35 bits per heavy atom. The minimum Gasteiger partial charge on any atom is -0.245 e. The zero-order valence-electron chi connectivity index (χ0n) is 13.9. The van der Waals surface area contributed by atoms with Gasteiger partial charge in [-0.1, -0.05) is 66.2 Å². The second-order valence-electron chi connectivity index (χ2n) is 6.16. The first-order valence-electron chi connectivity index (χ1n) is 8.50. The van der Waals surface area contributed by atoms with Crippen LogP contribution in [0.5, 0.6) is 0 Å². The average molecular weight is 276 g/mol. The van der Waals surface area contributed by atoms with Crippen LogP contribution >= 0.6 is 0 Å². The minimum atomic E-state index is 0.556. The van der Waals surface area contributed by atoms with Gasteiger partial charge in [0.1, 0.15) is 6.33 Å². The van der Waals surface area contributed by atoms with Gasteiger partial charge in [0.2, 0.25) is 0 Å². The molecule has 0 aliphatic heterocycles. The molecule has 0 aliphatic rings. The summed E-state index contributed by atoms with van der Waals surface area (Å²) in [6.07, 6.45) is 14.2. The summed E-state index contributed by atoms with van der Waals surface area (Å²) in [4.78, 5) is 8.82. The Morgan fingerprint density at radius 1 is 0.900 bits per heavy atom. The van der Waals surface area contributed by atoms with Crippen LogP contribution in [0.1, 0.15) is 102 Å². The summed E-state index contributed by atoms with van der Waals surface area (Å²) in [5, 5.41) is 0. The van der Waals surface area contributed by atoms with Crippen molar-refractivity contribution in [1.82, 2.24) is 9.97 Å². The highest BCUT2D eigenvalue weighted by atomic mass is 14.8. The van der Waals surface area contributed by atoms with E-state index in [2.05, 4.69) is 37.7 Å². The first kappa shape index (κ1) is 17.1. The topological polar surface area (TPSA) is 25.8 Å². The van der Waals surface area contributed by atoms with Crippen LogP contribution in [0, 0.1) is 0 Å². The van der Waals surface area contributed by atoms with Crippen molar-refractivity contribution < 1.29 is 0 Å². The predicted molar refractivity (Wildman–Crippen MR) is 87.1 cm³/mol. The number of unbranched alkanes of at least 4 members (excludes halogenated alkanes) is 4. The summed E-state index contributed by atoms with van der Waals surface area (Å²) < 4.78 is 0. The highest BCUT2D eigenvalue weighted by Gasteiger charge is 2.16. The fraction of sp³-hybridized carbons (Fsp3) is 0.778. The number of rotatable bonds is 10. The van der Waals surface area contributed by atoms with Crippen molar-refractivity contribution in [3.63, 3.8) is 0 Å². The zero-order valence-corrected chi connectivity index (χ0v) is 13.9. The van der Waals surface area contributed by atoms with Crippen molar-refractivity contribution in [3.05, 3.63) is 23.8 Å². The van der Waals surface area contributed by atoms with Crippen LogP contribution in [0.4, 0.5) is 0 Å². The standard InChI is InChI=1S/C18H32N2/c1-5-7-8-9-10-12-15(3)17-13-19-14-20-18(17)16(4)11-6-2/h13-16H,5-12H2,1-4H3. The second kappa shape index (κ2) is 9.90. The van der Waals surface area contributed by atoms with Gasteiger partial charge in [0.15, 0.2) is 0 Å². The zero-order chi connectivity index (χ0) is 14.8. The second-order valence-corrected chi connectivity index (χ2v) is 6.16. The van der Waals surface area contributed by atoms with Crippen molar-refractivity contribution in [1.29, 1.82) is 0 Å². The lowest BCUT2D eigenvalue weighted by molar-refractivity contribution is 0.553. The highest BCUT2D eigenvalue weighted by Crippen LogP contribution is 2.29. The van der Waals surface area contributed by atoms with Crippen LogP contribution < -0.4 is 0 Å². The largest absolute Gasteiger partial charge is 0.245 e. The molecule has 114 valence electrons. The molecule has 0 saturated carbocycles. The van der Waals surface area contributed by atoms with Gasteiger partial charge < -0.3 is 0 Å². The molecule has 1 heterocycles. The molecule has 0 saturated heterocycles. The van der Waals surface area contributed by atoms with Crippen LogP contribution in [-0.4, -0.2) is 9.97 Å². The summed E-state index contributed by atoms with van der Waals surface area (Å²) in [7, 11) is 0. The molecule has 2 atom stereocenters. The smallest absolute Gasteiger partial charge is 0.115 e. The van der Waals surface area contributed by atoms with E-state index >= 15 is 0 Å². The molecule has 0 radical (unpaired) electrons. The molecular weight excluding hydrogens is 244 g/mol. The average Bonchev–Trinajstić information content (AvgIpc) is 2.47. The van der Waals surface area contributed by atoms with Crippen molar-refractivity contribution in [2.24, 2.45) is 0 Å². The van der Waals surface area contributed by atoms with E-state index in [1.807, 2.05) is 6.20 Å². The van der Waals surface area contributed by atoms with Crippen LogP contribution in [0.2, 0.25) is 0 Å². The van der Waals surface area contributed by atoms with E-state index in [4.69, 9.17) is 0 Å². The molecule has 0 aromatic carbocycles. The Balaban J connectivity index is 2.56. The maximum atomic E-state index is 4.56. The Bertz CT molecular complexity index is 362. The quantitative estimate of drug-likeness (QED) is 0.501. The van der Waals surface area contributed by atoms with Crippen molar-refractivity contribution in [2.45, 2.75) is 90.9 Å². The molecule has 1 aromatic rings. The van der Waals surface area contributed by atoms with Crippen LogP contribution in [0.3, 0.4) is 0 Å². The summed E-state index contributed by atoms with van der Waals surface area (Å²) in [6.45, 7) is 9.14. The molecule has 0 bridgehead atoms. The van der Waals surface area contributed by atoms with Gasteiger partial charge in [-0.2, -0.15) is 0 Å². The van der Waals surface area contributed by atoms with Gasteiger partial charge in [-0.25, -0.2) is 9.97 Å². The third kappa shape index (κ3) is 5.60. The van der Waals surface area contributed by atoms with Gasteiger partial charge in [-0.05, 0) is 30.2 Å². The third-order valence-corrected chi connectivity index (χ3v) is 4.23. The minimum absolute atomic E-state index is 0.556. The highest BCUT2D eigenvalue weighted by molar-refractivity contribution is 5.23. The molecule has 0 aliphatic carbocycles. The molecule has 2 nitrogen and oxygen atoms in total. The van der Waals surface area contributed by atoms with Crippen molar-refractivity contribution in [2.75, 3.05) is 0 Å². The summed E-state index contributed by atoms with van der Waals surface area (Å²) in [6, 6.07) is 0. The predicted octanol–water partition coefficient (Wildman–Crippen LogP) is 5.84. The lowest BCUT2D eigenvalue weighted by Gasteiger charge is -2.18. The number of aromatic nitrogens is 2. The molecule has 0 N–H and O–H groups in total. The fourth-order valence-electron chi connectivity index (χ4n) is 2.92. The summed E-state index contributed by atoms with van der Waals surface area (Å²) >= 11 is 0. The number of nitrogens with zero attached hydrogens (tertiary/aromatic N) is 2. The monoisotopic (exact) mass is 276 g/mol. The van der Waals surface area contributed by atoms with Gasteiger partial charge in [0, 0.05) is 6.20 Å². The van der Waals surface area contributed by atoms with Gasteiger partial charge >= 0.3 is 0 Å². The molecule has 20 heavy (non-hydrogen) atoms. The lowest BCUT2D eigenvalue weighted by Crippen LogP contribution is -2.06. The Hall–Kier alpha value is -0.920. The van der Waals surface area contributed by atoms with Gasteiger partial charge in [0.05, 0.1) is 5.69 Å². The van der Waals surface area contributed by atoms with E-state index in [1.165, 1.54) is 62.6 Å². The van der Waals surface area contributed by atoms with Crippen LogP contribution in [-0.2, 0) is 0 Å². The van der Waals surface area contributed by atoms with E-state index in [1.54, 1.807) is 6.33 Å². The van der Waals surface area contributed by atoms with Gasteiger partial charge in [-0.15, -0.1) is 0 Å². The normalized spacial score (nSPS) is 14.2. The molecule has 2 heteroatoms. The maximum absolute atomic E-state index is 4.56. The Labute approximate surface area is 125 Å². The molecular formula is C18H32N2. The van der Waals surface area contributed by atoms with E-state index in [-0.39, 0.29) is 0 Å². The maximum Gasteiger partial charge on any atom is 0.115 e. The van der Waals surface area contributed by atoms with E-state index in [0.29, 0.717) is 11.8 Å². The lowest BCUT2D eigenvalue weighted by atomic mass is 9.89. The van der Waals surface area contributed by atoms with E-state index in [9.17, 15) is 0 Å². The first-order chi connectivity index (χ1) is 9.70.